The molecular weight excluding hydrogens is 340 g/mol. The van der Waals surface area contributed by atoms with Gasteiger partial charge in [0.2, 0.25) is 0 Å². The summed E-state index contributed by atoms with van der Waals surface area (Å²) in [7, 11) is 1.99. The van der Waals surface area contributed by atoms with Crippen molar-refractivity contribution in [1.29, 1.82) is 0 Å². The normalized spacial score (nSPS) is 15.8. The molecule has 3 aromatic rings. The second-order valence-corrected chi connectivity index (χ2v) is 6.85. The molecule has 1 fully saturated rings. The van der Waals surface area contributed by atoms with Gasteiger partial charge in [-0.15, -0.1) is 0 Å². The number of rotatable bonds is 3. The third kappa shape index (κ3) is 3.45. The molecular formula is C20H24N6O. The quantitative estimate of drug-likeness (QED) is 0.776. The second kappa shape index (κ2) is 7.26. The van der Waals surface area contributed by atoms with Crippen LogP contribution in [-0.2, 0) is 7.05 Å². The van der Waals surface area contributed by atoms with Crippen LogP contribution in [0.4, 0.5) is 10.6 Å². The topological polar surface area (TPSA) is 66.3 Å². The number of anilines is 1. The first kappa shape index (κ1) is 17.3. The smallest absolute Gasteiger partial charge is 0.318 e. The summed E-state index contributed by atoms with van der Waals surface area (Å²) in [5.74, 6) is 1.82. The molecule has 27 heavy (non-hydrogen) atoms. The summed E-state index contributed by atoms with van der Waals surface area (Å²) in [4.78, 5) is 25.8. The summed E-state index contributed by atoms with van der Waals surface area (Å²) in [6, 6.07) is 13.7. The van der Waals surface area contributed by atoms with E-state index in [-0.39, 0.29) is 12.1 Å². The first-order chi connectivity index (χ1) is 13.1. The lowest BCUT2D eigenvalue weighted by atomic mass is 10.3. The lowest BCUT2D eigenvalue weighted by Crippen LogP contribution is -2.52. The van der Waals surface area contributed by atoms with E-state index in [1.807, 2.05) is 65.9 Å². The Balaban J connectivity index is 1.38. The number of amides is 2. The summed E-state index contributed by atoms with van der Waals surface area (Å²) in [5, 5.41) is 3.09. The van der Waals surface area contributed by atoms with Gasteiger partial charge in [0, 0.05) is 39.4 Å². The summed E-state index contributed by atoms with van der Waals surface area (Å²) >= 11 is 0. The van der Waals surface area contributed by atoms with E-state index in [9.17, 15) is 4.79 Å². The van der Waals surface area contributed by atoms with Gasteiger partial charge in [-0.1, -0.05) is 18.2 Å². The van der Waals surface area contributed by atoms with Crippen molar-refractivity contribution in [1.82, 2.24) is 24.8 Å². The fraction of sp³-hybridized carbons (Fsp3) is 0.350. The standard InChI is InChI=1S/C20H24N6O/c1-15(19-23-16-7-3-4-8-17(16)24(19)2)22-20(27)26-13-11-25(12-14-26)18-9-5-6-10-21-18/h3-10,15H,11-14H2,1-2H3,(H,22,27)/t15-/m1/s1. The molecule has 1 atom stereocenters. The van der Waals surface area contributed by atoms with E-state index in [1.54, 1.807) is 6.20 Å². The fourth-order valence-corrected chi connectivity index (χ4v) is 3.57. The van der Waals surface area contributed by atoms with E-state index >= 15 is 0 Å². The van der Waals surface area contributed by atoms with E-state index in [1.165, 1.54) is 0 Å². The zero-order valence-corrected chi connectivity index (χ0v) is 15.7. The van der Waals surface area contributed by atoms with Crippen molar-refractivity contribution < 1.29 is 4.79 Å². The van der Waals surface area contributed by atoms with Crippen LogP contribution in [0, 0.1) is 0 Å². The van der Waals surface area contributed by atoms with Gasteiger partial charge in [-0.3, -0.25) is 0 Å². The van der Waals surface area contributed by atoms with E-state index in [0.717, 1.165) is 35.8 Å². The SMILES string of the molecule is C[C@@H](NC(=O)N1CCN(c2ccccn2)CC1)c1nc2ccccc2n1C. The van der Waals surface area contributed by atoms with Gasteiger partial charge < -0.3 is 19.7 Å². The molecule has 3 heterocycles. The lowest BCUT2D eigenvalue weighted by molar-refractivity contribution is 0.190. The van der Waals surface area contributed by atoms with E-state index in [0.29, 0.717) is 13.1 Å². The molecule has 140 valence electrons. The summed E-state index contributed by atoms with van der Waals surface area (Å²) < 4.78 is 2.04. The first-order valence-electron chi connectivity index (χ1n) is 9.26. The number of para-hydroxylation sites is 2. The van der Waals surface area contributed by atoms with Crippen LogP contribution < -0.4 is 10.2 Å². The van der Waals surface area contributed by atoms with Crippen LogP contribution in [-0.4, -0.2) is 51.6 Å². The van der Waals surface area contributed by atoms with Crippen LogP contribution in [0.2, 0.25) is 0 Å². The molecule has 7 nitrogen and oxygen atoms in total. The number of hydrogen-bond donors (Lipinski definition) is 1. The van der Waals surface area contributed by atoms with Crippen LogP contribution >= 0.6 is 0 Å². The maximum Gasteiger partial charge on any atom is 0.318 e. The molecule has 0 unspecified atom stereocenters. The van der Waals surface area contributed by atoms with Crippen LogP contribution in [0.3, 0.4) is 0 Å². The maximum atomic E-state index is 12.7. The molecule has 4 rings (SSSR count). The Kier molecular flexibility index (Phi) is 4.66. The van der Waals surface area contributed by atoms with Crippen molar-refractivity contribution in [3.63, 3.8) is 0 Å². The Hall–Kier alpha value is -3.09. The predicted molar refractivity (Wildman–Crippen MR) is 106 cm³/mol. The molecule has 1 aliphatic heterocycles. The molecule has 7 heteroatoms. The van der Waals surface area contributed by atoms with Gasteiger partial charge in [-0.05, 0) is 31.2 Å². The highest BCUT2D eigenvalue weighted by Crippen LogP contribution is 2.19. The second-order valence-electron chi connectivity index (χ2n) is 6.85. The number of pyridine rings is 1. The molecule has 1 aliphatic rings. The zero-order chi connectivity index (χ0) is 18.8. The van der Waals surface area contributed by atoms with Crippen LogP contribution in [0.1, 0.15) is 18.8 Å². The van der Waals surface area contributed by atoms with Crippen LogP contribution in [0.25, 0.3) is 11.0 Å². The molecule has 1 saturated heterocycles. The minimum Gasteiger partial charge on any atom is -0.353 e. The number of benzene rings is 1. The average molecular weight is 364 g/mol. The first-order valence-corrected chi connectivity index (χ1v) is 9.26. The molecule has 0 saturated carbocycles. The number of carbonyl (C=O) groups excluding carboxylic acids is 1. The van der Waals surface area contributed by atoms with Crippen molar-refractivity contribution >= 4 is 22.9 Å². The molecule has 1 N–H and O–H groups in total. The van der Waals surface area contributed by atoms with Crippen molar-refractivity contribution in [3.8, 4) is 0 Å². The van der Waals surface area contributed by atoms with Gasteiger partial charge in [0.25, 0.3) is 0 Å². The Morgan fingerprint density at radius 3 is 2.52 bits per heavy atom. The van der Waals surface area contributed by atoms with Gasteiger partial charge in [-0.2, -0.15) is 0 Å². The number of piperazine rings is 1. The van der Waals surface area contributed by atoms with Gasteiger partial charge in [0.15, 0.2) is 0 Å². The lowest BCUT2D eigenvalue weighted by Gasteiger charge is -2.35. The van der Waals surface area contributed by atoms with Crippen LogP contribution in [0.5, 0.6) is 0 Å². The van der Waals surface area contributed by atoms with E-state index < -0.39 is 0 Å². The number of carbonyl (C=O) groups is 1. The highest BCUT2D eigenvalue weighted by molar-refractivity contribution is 5.77. The van der Waals surface area contributed by atoms with Gasteiger partial charge >= 0.3 is 6.03 Å². The largest absolute Gasteiger partial charge is 0.353 e. The average Bonchev–Trinajstić information content (AvgIpc) is 3.06. The van der Waals surface area contributed by atoms with E-state index in [2.05, 4.69) is 20.2 Å². The number of hydrogen-bond acceptors (Lipinski definition) is 4. The number of fused-ring (bicyclic) bond motifs is 1. The Bertz CT molecular complexity index is 930. The van der Waals surface area contributed by atoms with Crippen molar-refractivity contribution in [2.45, 2.75) is 13.0 Å². The Morgan fingerprint density at radius 1 is 1.07 bits per heavy atom. The van der Waals surface area contributed by atoms with Gasteiger partial charge in [-0.25, -0.2) is 14.8 Å². The Labute approximate surface area is 158 Å². The molecule has 0 spiro atoms. The number of urea groups is 1. The van der Waals surface area contributed by atoms with Crippen molar-refractivity contribution in [3.05, 3.63) is 54.5 Å². The number of aromatic nitrogens is 3. The minimum atomic E-state index is -0.163. The maximum absolute atomic E-state index is 12.7. The third-order valence-corrected chi connectivity index (χ3v) is 5.09. The molecule has 0 bridgehead atoms. The fourth-order valence-electron chi connectivity index (χ4n) is 3.57. The molecule has 2 aromatic heterocycles. The number of nitrogens with zero attached hydrogens (tertiary/aromatic N) is 5. The Morgan fingerprint density at radius 2 is 1.81 bits per heavy atom. The highest BCUT2D eigenvalue weighted by Gasteiger charge is 2.24. The van der Waals surface area contributed by atoms with E-state index in [4.69, 9.17) is 0 Å². The number of nitrogens with one attached hydrogen (secondary N) is 1. The zero-order valence-electron chi connectivity index (χ0n) is 15.7. The molecule has 2 amide bonds. The molecule has 1 aromatic carbocycles. The third-order valence-electron chi connectivity index (χ3n) is 5.09. The van der Waals surface area contributed by atoms with Crippen LogP contribution in [0.15, 0.2) is 48.7 Å². The molecule has 0 aliphatic carbocycles. The predicted octanol–water partition coefficient (Wildman–Crippen LogP) is 2.56. The van der Waals surface area contributed by atoms with Gasteiger partial charge in [0.05, 0.1) is 17.1 Å². The summed E-state index contributed by atoms with van der Waals surface area (Å²) in [6.45, 7) is 4.90. The monoisotopic (exact) mass is 364 g/mol. The van der Waals surface area contributed by atoms with Gasteiger partial charge in [0.1, 0.15) is 11.6 Å². The number of imidazole rings is 1. The summed E-state index contributed by atoms with van der Waals surface area (Å²) in [5.41, 5.74) is 2.01. The minimum absolute atomic E-state index is 0.0461. The molecule has 0 radical (unpaired) electrons. The summed E-state index contributed by atoms with van der Waals surface area (Å²) in [6.07, 6.45) is 1.80. The number of aryl methyl sites for hydroxylation is 1. The van der Waals surface area contributed by atoms with Crippen molar-refractivity contribution in [2.75, 3.05) is 31.1 Å². The van der Waals surface area contributed by atoms with Crippen molar-refractivity contribution in [2.24, 2.45) is 7.05 Å². The highest BCUT2D eigenvalue weighted by atomic mass is 16.2.